The molecule has 0 atom stereocenters. The lowest BCUT2D eigenvalue weighted by Crippen LogP contribution is -2.14. The molecule has 0 saturated carbocycles. The van der Waals surface area contributed by atoms with Crippen LogP contribution in [0.15, 0.2) is 54.1 Å². The molecule has 1 N–H and O–H groups in total. The monoisotopic (exact) mass is 303 g/mol. The molecule has 3 rings (SSSR count). The summed E-state index contributed by atoms with van der Waals surface area (Å²) in [5, 5.41) is 10.7. The van der Waals surface area contributed by atoms with Crippen LogP contribution in [0.2, 0.25) is 0 Å². The lowest BCUT2D eigenvalue weighted by atomic mass is 10.3. The Labute approximate surface area is 119 Å². The third-order valence-corrected chi connectivity index (χ3v) is 3.95. The van der Waals surface area contributed by atoms with Gasteiger partial charge in [0.15, 0.2) is 0 Å². The molecule has 106 valence electrons. The Morgan fingerprint density at radius 3 is 2.52 bits per heavy atom. The lowest BCUT2D eigenvalue weighted by Gasteiger charge is -2.07. The van der Waals surface area contributed by atoms with Crippen LogP contribution in [0, 0.1) is 0 Å². The van der Waals surface area contributed by atoms with Crippen molar-refractivity contribution in [2.24, 2.45) is 0 Å². The van der Waals surface area contributed by atoms with Gasteiger partial charge in [-0.2, -0.15) is 0 Å². The molecule has 0 amide bonds. The van der Waals surface area contributed by atoms with E-state index in [1.807, 2.05) is 0 Å². The SMILES string of the molecule is O=S(=O)(Nc1ccncn1)c1ccc(-n2cnnn2)cc1. The van der Waals surface area contributed by atoms with Gasteiger partial charge in [-0.05, 0) is 40.8 Å². The van der Waals surface area contributed by atoms with Crippen molar-refractivity contribution in [1.82, 2.24) is 30.2 Å². The molecule has 0 aliphatic heterocycles. The number of aromatic nitrogens is 6. The maximum Gasteiger partial charge on any atom is 0.263 e. The predicted molar refractivity (Wildman–Crippen MR) is 72.0 cm³/mol. The van der Waals surface area contributed by atoms with E-state index >= 15 is 0 Å². The average Bonchev–Trinajstić information content (AvgIpc) is 3.02. The van der Waals surface area contributed by atoms with E-state index in [-0.39, 0.29) is 10.7 Å². The Bertz CT molecular complexity index is 817. The summed E-state index contributed by atoms with van der Waals surface area (Å²) >= 11 is 0. The standard InChI is InChI=1S/C11H9N7O2S/c19-21(20,15-11-5-6-12-7-13-11)10-3-1-9(2-4-10)18-8-14-16-17-18/h1-8H,(H,12,13,15). The van der Waals surface area contributed by atoms with Gasteiger partial charge in [0.05, 0.1) is 10.6 Å². The van der Waals surface area contributed by atoms with Gasteiger partial charge in [0.2, 0.25) is 0 Å². The first-order chi connectivity index (χ1) is 10.1. The highest BCUT2D eigenvalue weighted by Gasteiger charge is 2.14. The number of nitrogens with one attached hydrogen (secondary N) is 1. The van der Waals surface area contributed by atoms with Crippen molar-refractivity contribution in [1.29, 1.82) is 0 Å². The van der Waals surface area contributed by atoms with Gasteiger partial charge in [0.1, 0.15) is 18.5 Å². The molecule has 0 unspecified atom stereocenters. The van der Waals surface area contributed by atoms with Crippen LogP contribution in [0.1, 0.15) is 0 Å². The predicted octanol–water partition coefficient (Wildman–Crippen LogP) is 0.253. The van der Waals surface area contributed by atoms with Crippen molar-refractivity contribution in [2.45, 2.75) is 4.90 Å². The summed E-state index contributed by atoms with van der Waals surface area (Å²) in [6.07, 6.45) is 4.13. The quantitative estimate of drug-likeness (QED) is 0.734. The lowest BCUT2D eigenvalue weighted by molar-refractivity contribution is 0.601. The van der Waals surface area contributed by atoms with Crippen LogP contribution < -0.4 is 4.72 Å². The number of hydrogen-bond acceptors (Lipinski definition) is 7. The Hall–Kier alpha value is -2.88. The molecule has 21 heavy (non-hydrogen) atoms. The molecule has 0 fully saturated rings. The summed E-state index contributed by atoms with van der Waals surface area (Å²) in [6, 6.07) is 7.59. The second kappa shape index (κ2) is 5.25. The van der Waals surface area contributed by atoms with Crippen LogP contribution in [0.3, 0.4) is 0 Å². The highest BCUT2D eigenvalue weighted by Crippen LogP contribution is 2.15. The van der Waals surface area contributed by atoms with Crippen LogP contribution in [0.4, 0.5) is 5.82 Å². The minimum absolute atomic E-state index is 0.109. The Morgan fingerprint density at radius 1 is 1.10 bits per heavy atom. The summed E-state index contributed by atoms with van der Waals surface area (Å²) < 4.78 is 28.1. The normalized spacial score (nSPS) is 11.2. The van der Waals surface area contributed by atoms with Gasteiger partial charge in [-0.1, -0.05) is 0 Å². The first-order valence-corrected chi connectivity index (χ1v) is 7.26. The summed E-state index contributed by atoms with van der Waals surface area (Å²) in [7, 11) is -3.70. The first-order valence-electron chi connectivity index (χ1n) is 5.77. The van der Waals surface area contributed by atoms with Crippen molar-refractivity contribution in [3.8, 4) is 5.69 Å². The second-order valence-electron chi connectivity index (χ2n) is 3.95. The van der Waals surface area contributed by atoms with E-state index < -0.39 is 10.0 Å². The summed E-state index contributed by atoms with van der Waals surface area (Å²) in [5.41, 5.74) is 0.654. The fourth-order valence-electron chi connectivity index (χ4n) is 1.61. The molecule has 0 radical (unpaired) electrons. The van der Waals surface area contributed by atoms with Crippen molar-refractivity contribution in [3.05, 3.63) is 49.2 Å². The van der Waals surface area contributed by atoms with Crippen molar-refractivity contribution >= 4 is 15.8 Å². The number of benzene rings is 1. The highest BCUT2D eigenvalue weighted by atomic mass is 32.2. The van der Waals surface area contributed by atoms with Crippen molar-refractivity contribution in [2.75, 3.05) is 4.72 Å². The maximum absolute atomic E-state index is 12.2. The molecule has 0 saturated heterocycles. The van der Waals surface area contributed by atoms with Gasteiger partial charge in [-0.25, -0.2) is 23.1 Å². The van der Waals surface area contributed by atoms with Crippen LogP contribution in [0.5, 0.6) is 0 Å². The highest BCUT2D eigenvalue weighted by molar-refractivity contribution is 7.92. The number of hydrogen-bond donors (Lipinski definition) is 1. The van der Waals surface area contributed by atoms with E-state index in [0.717, 1.165) is 0 Å². The van der Waals surface area contributed by atoms with Gasteiger partial charge in [0.25, 0.3) is 10.0 Å². The van der Waals surface area contributed by atoms with E-state index in [2.05, 4.69) is 30.2 Å². The fourth-order valence-corrected chi connectivity index (χ4v) is 2.61. The first kappa shape index (κ1) is 13.1. The molecular weight excluding hydrogens is 294 g/mol. The van der Waals surface area contributed by atoms with Gasteiger partial charge in [-0.15, -0.1) is 5.10 Å². The van der Waals surface area contributed by atoms with E-state index in [0.29, 0.717) is 5.69 Å². The number of sulfonamides is 1. The average molecular weight is 303 g/mol. The van der Waals surface area contributed by atoms with Crippen LogP contribution in [0.25, 0.3) is 5.69 Å². The fraction of sp³-hybridized carbons (Fsp3) is 0. The van der Waals surface area contributed by atoms with E-state index in [4.69, 9.17) is 0 Å². The van der Waals surface area contributed by atoms with Gasteiger partial charge in [-0.3, -0.25) is 4.72 Å². The zero-order valence-electron chi connectivity index (χ0n) is 10.5. The molecular formula is C11H9N7O2S. The molecule has 1 aromatic carbocycles. The smallest absolute Gasteiger partial charge is 0.263 e. The second-order valence-corrected chi connectivity index (χ2v) is 5.63. The topological polar surface area (TPSA) is 116 Å². The largest absolute Gasteiger partial charge is 0.263 e. The minimum Gasteiger partial charge on any atom is -0.263 e. The summed E-state index contributed by atoms with van der Waals surface area (Å²) in [6.45, 7) is 0. The Balaban J connectivity index is 1.86. The molecule has 2 heterocycles. The van der Waals surface area contributed by atoms with Crippen LogP contribution in [-0.4, -0.2) is 38.6 Å². The number of nitrogens with zero attached hydrogens (tertiary/aromatic N) is 6. The van der Waals surface area contributed by atoms with Crippen LogP contribution >= 0.6 is 0 Å². The molecule has 10 heteroatoms. The summed E-state index contributed by atoms with van der Waals surface area (Å²) in [5.74, 6) is 0.203. The summed E-state index contributed by atoms with van der Waals surface area (Å²) in [4.78, 5) is 7.65. The van der Waals surface area contributed by atoms with E-state index in [9.17, 15) is 8.42 Å². The number of tetrazole rings is 1. The third kappa shape index (κ3) is 2.84. The Morgan fingerprint density at radius 2 is 1.90 bits per heavy atom. The molecule has 0 bridgehead atoms. The zero-order valence-corrected chi connectivity index (χ0v) is 11.3. The van der Waals surface area contributed by atoms with Crippen molar-refractivity contribution < 1.29 is 8.42 Å². The molecule has 0 aliphatic carbocycles. The van der Waals surface area contributed by atoms with E-state index in [1.54, 1.807) is 12.1 Å². The van der Waals surface area contributed by atoms with Crippen LogP contribution in [-0.2, 0) is 10.0 Å². The molecule has 3 aromatic rings. The van der Waals surface area contributed by atoms with Crippen molar-refractivity contribution in [3.63, 3.8) is 0 Å². The Kier molecular flexibility index (Phi) is 3.28. The van der Waals surface area contributed by atoms with E-state index in [1.165, 1.54) is 41.7 Å². The molecule has 0 aliphatic rings. The zero-order chi connectivity index (χ0) is 14.7. The molecule has 0 spiro atoms. The van der Waals surface area contributed by atoms with Gasteiger partial charge in [0, 0.05) is 6.20 Å². The van der Waals surface area contributed by atoms with Gasteiger partial charge < -0.3 is 0 Å². The molecule has 2 aromatic heterocycles. The minimum atomic E-state index is -3.70. The maximum atomic E-state index is 12.2. The van der Waals surface area contributed by atoms with Gasteiger partial charge >= 0.3 is 0 Å². The third-order valence-electron chi connectivity index (χ3n) is 2.58. The molecule has 9 nitrogen and oxygen atoms in total. The number of anilines is 1. The number of rotatable bonds is 4.